The Bertz CT molecular complexity index is 739. The fraction of sp³-hybridized carbons (Fsp3) is 0.316. The van der Waals surface area contributed by atoms with Crippen molar-refractivity contribution in [3.05, 3.63) is 59.9 Å². The molecule has 0 radical (unpaired) electrons. The SMILES string of the molecule is C[C@@H](NC(=O)[C@H]1C[C@H](O)CN1)c1ccc(Oc2ccccc2)c(F)c1. The summed E-state index contributed by atoms with van der Waals surface area (Å²) in [7, 11) is 0. The Morgan fingerprint density at radius 3 is 2.72 bits per heavy atom. The van der Waals surface area contributed by atoms with Crippen LogP contribution in [0.5, 0.6) is 11.5 Å². The number of halogens is 1. The average Bonchev–Trinajstić information content (AvgIpc) is 3.04. The zero-order chi connectivity index (χ0) is 17.8. The first-order valence-electron chi connectivity index (χ1n) is 8.27. The van der Waals surface area contributed by atoms with Gasteiger partial charge in [-0.1, -0.05) is 24.3 Å². The summed E-state index contributed by atoms with van der Waals surface area (Å²) in [6.07, 6.45) is -0.116. The van der Waals surface area contributed by atoms with Crippen molar-refractivity contribution in [2.24, 2.45) is 0 Å². The Morgan fingerprint density at radius 1 is 1.32 bits per heavy atom. The maximum absolute atomic E-state index is 14.3. The van der Waals surface area contributed by atoms with Gasteiger partial charge in [0, 0.05) is 6.54 Å². The summed E-state index contributed by atoms with van der Waals surface area (Å²) in [5.74, 6) is 0.00126. The van der Waals surface area contributed by atoms with E-state index < -0.39 is 18.0 Å². The lowest BCUT2D eigenvalue weighted by molar-refractivity contribution is -0.123. The monoisotopic (exact) mass is 344 g/mol. The van der Waals surface area contributed by atoms with Crippen molar-refractivity contribution in [2.75, 3.05) is 6.54 Å². The van der Waals surface area contributed by atoms with Gasteiger partial charge >= 0.3 is 0 Å². The number of carbonyl (C=O) groups is 1. The molecule has 0 aromatic heterocycles. The van der Waals surface area contributed by atoms with Crippen LogP contribution in [0, 0.1) is 5.82 Å². The molecule has 1 aliphatic heterocycles. The predicted molar refractivity (Wildman–Crippen MR) is 91.9 cm³/mol. The molecule has 1 aliphatic rings. The van der Waals surface area contributed by atoms with E-state index in [1.54, 1.807) is 31.2 Å². The van der Waals surface area contributed by atoms with Gasteiger partial charge in [0.15, 0.2) is 11.6 Å². The number of para-hydroxylation sites is 1. The minimum Gasteiger partial charge on any atom is -0.454 e. The van der Waals surface area contributed by atoms with Gasteiger partial charge < -0.3 is 20.5 Å². The molecule has 0 aliphatic carbocycles. The zero-order valence-electron chi connectivity index (χ0n) is 13.9. The molecule has 1 saturated heterocycles. The lowest BCUT2D eigenvalue weighted by atomic mass is 10.1. The molecule has 0 saturated carbocycles. The van der Waals surface area contributed by atoms with Crippen molar-refractivity contribution in [1.82, 2.24) is 10.6 Å². The molecule has 6 heteroatoms. The summed E-state index contributed by atoms with van der Waals surface area (Å²) in [5, 5.41) is 15.3. The Labute approximate surface area is 145 Å². The molecule has 0 spiro atoms. The van der Waals surface area contributed by atoms with Crippen LogP contribution in [0.15, 0.2) is 48.5 Å². The Kier molecular flexibility index (Phi) is 5.31. The van der Waals surface area contributed by atoms with E-state index >= 15 is 0 Å². The van der Waals surface area contributed by atoms with Gasteiger partial charge in [-0.3, -0.25) is 4.79 Å². The van der Waals surface area contributed by atoms with Crippen molar-refractivity contribution in [3.63, 3.8) is 0 Å². The molecule has 1 fully saturated rings. The second kappa shape index (κ2) is 7.63. The predicted octanol–water partition coefficient (Wildman–Crippen LogP) is 2.52. The summed E-state index contributed by atoms with van der Waals surface area (Å²) in [6, 6.07) is 12.9. The van der Waals surface area contributed by atoms with Crippen molar-refractivity contribution in [1.29, 1.82) is 0 Å². The normalized spacial score (nSPS) is 20.9. The number of nitrogens with one attached hydrogen (secondary N) is 2. The number of hydrogen-bond donors (Lipinski definition) is 3. The summed E-state index contributed by atoms with van der Waals surface area (Å²) in [5.41, 5.74) is 0.643. The molecule has 3 N–H and O–H groups in total. The number of hydrogen-bond acceptors (Lipinski definition) is 4. The minimum atomic E-state index is -0.502. The first-order valence-corrected chi connectivity index (χ1v) is 8.27. The highest BCUT2D eigenvalue weighted by Crippen LogP contribution is 2.27. The maximum atomic E-state index is 14.3. The third-order valence-electron chi connectivity index (χ3n) is 4.21. The number of aliphatic hydroxyl groups excluding tert-OH is 1. The maximum Gasteiger partial charge on any atom is 0.237 e. The van der Waals surface area contributed by atoms with Gasteiger partial charge in [0.1, 0.15) is 5.75 Å². The van der Waals surface area contributed by atoms with E-state index in [9.17, 15) is 14.3 Å². The fourth-order valence-corrected chi connectivity index (χ4v) is 2.80. The van der Waals surface area contributed by atoms with Crippen LogP contribution in [0.4, 0.5) is 4.39 Å². The smallest absolute Gasteiger partial charge is 0.237 e. The van der Waals surface area contributed by atoms with E-state index in [-0.39, 0.29) is 17.7 Å². The standard InChI is InChI=1S/C19H21FN2O3/c1-12(22-19(24)17-10-14(23)11-21-17)13-7-8-18(16(20)9-13)25-15-5-3-2-4-6-15/h2-9,12,14,17,21,23H,10-11H2,1H3,(H,22,24)/t12-,14+,17-/m1/s1. The van der Waals surface area contributed by atoms with Crippen molar-refractivity contribution in [2.45, 2.75) is 31.5 Å². The van der Waals surface area contributed by atoms with Gasteiger partial charge in [0.2, 0.25) is 5.91 Å². The largest absolute Gasteiger partial charge is 0.454 e. The highest BCUT2D eigenvalue weighted by atomic mass is 19.1. The van der Waals surface area contributed by atoms with Crippen LogP contribution in [0.25, 0.3) is 0 Å². The highest BCUT2D eigenvalue weighted by molar-refractivity contribution is 5.82. The van der Waals surface area contributed by atoms with Crippen LogP contribution >= 0.6 is 0 Å². The van der Waals surface area contributed by atoms with Gasteiger partial charge in [-0.15, -0.1) is 0 Å². The average molecular weight is 344 g/mol. The second-order valence-electron chi connectivity index (χ2n) is 6.19. The molecule has 2 aromatic rings. The zero-order valence-corrected chi connectivity index (χ0v) is 13.9. The summed E-state index contributed by atoms with van der Waals surface area (Å²) >= 11 is 0. The molecule has 5 nitrogen and oxygen atoms in total. The number of ether oxygens (including phenoxy) is 1. The molecular weight excluding hydrogens is 323 g/mol. The van der Waals surface area contributed by atoms with E-state index in [1.165, 1.54) is 6.07 Å². The fourth-order valence-electron chi connectivity index (χ4n) is 2.80. The Hall–Kier alpha value is -2.44. The Balaban J connectivity index is 1.64. The van der Waals surface area contributed by atoms with Gasteiger partial charge in [-0.25, -0.2) is 4.39 Å². The van der Waals surface area contributed by atoms with Crippen LogP contribution in [0.1, 0.15) is 24.9 Å². The molecule has 25 heavy (non-hydrogen) atoms. The molecule has 3 rings (SSSR count). The summed E-state index contributed by atoms with van der Waals surface area (Å²) in [6.45, 7) is 2.20. The summed E-state index contributed by atoms with van der Waals surface area (Å²) < 4.78 is 19.8. The number of amides is 1. The van der Waals surface area contributed by atoms with Crippen LogP contribution in [-0.4, -0.2) is 29.7 Å². The first-order chi connectivity index (χ1) is 12.0. The third kappa shape index (κ3) is 4.35. The number of rotatable bonds is 5. The quantitative estimate of drug-likeness (QED) is 0.779. The van der Waals surface area contributed by atoms with Crippen molar-refractivity contribution >= 4 is 5.91 Å². The molecule has 1 heterocycles. The van der Waals surface area contributed by atoms with Crippen molar-refractivity contribution < 1.29 is 19.0 Å². The van der Waals surface area contributed by atoms with Gasteiger partial charge in [0.05, 0.1) is 18.2 Å². The van der Waals surface area contributed by atoms with E-state index in [4.69, 9.17) is 4.74 Å². The van der Waals surface area contributed by atoms with Gasteiger partial charge in [0.25, 0.3) is 0 Å². The number of benzene rings is 2. The minimum absolute atomic E-state index is 0.133. The van der Waals surface area contributed by atoms with E-state index in [0.29, 0.717) is 24.3 Å². The lowest BCUT2D eigenvalue weighted by Crippen LogP contribution is -2.41. The van der Waals surface area contributed by atoms with Crippen LogP contribution in [0.2, 0.25) is 0 Å². The van der Waals surface area contributed by atoms with E-state index in [1.807, 2.05) is 18.2 Å². The first kappa shape index (κ1) is 17.4. The van der Waals surface area contributed by atoms with Crippen LogP contribution in [-0.2, 0) is 4.79 Å². The molecular formula is C19H21FN2O3. The highest BCUT2D eigenvalue weighted by Gasteiger charge is 2.28. The number of β-amino-alcohol motifs (C(OH)–C–C–N with tert-alkyl or cyclic N) is 1. The molecule has 3 atom stereocenters. The van der Waals surface area contributed by atoms with Crippen molar-refractivity contribution in [3.8, 4) is 11.5 Å². The topological polar surface area (TPSA) is 70.6 Å². The molecule has 2 aromatic carbocycles. The molecule has 1 amide bonds. The number of carbonyl (C=O) groups excluding carboxylic acids is 1. The number of aliphatic hydroxyl groups is 1. The summed E-state index contributed by atoms with van der Waals surface area (Å²) in [4.78, 5) is 12.2. The third-order valence-corrected chi connectivity index (χ3v) is 4.21. The van der Waals surface area contributed by atoms with Crippen LogP contribution < -0.4 is 15.4 Å². The van der Waals surface area contributed by atoms with E-state index in [0.717, 1.165) is 0 Å². The molecule has 0 bridgehead atoms. The van der Waals surface area contributed by atoms with Gasteiger partial charge in [-0.2, -0.15) is 0 Å². The lowest BCUT2D eigenvalue weighted by Gasteiger charge is -2.18. The van der Waals surface area contributed by atoms with Crippen LogP contribution in [0.3, 0.4) is 0 Å². The van der Waals surface area contributed by atoms with Gasteiger partial charge in [-0.05, 0) is 43.2 Å². The molecule has 0 unspecified atom stereocenters. The van der Waals surface area contributed by atoms with E-state index in [2.05, 4.69) is 10.6 Å². The Morgan fingerprint density at radius 2 is 2.08 bits per heavy atom. The molecule has 132 valence electrons. The second-order valence-corrected chi connectivity index (χ2v) is 6.19.